The van der Waals surface area contributed by atoms with Gasteiger partial charge < -0.3 is 5.32 Å². The summed E-state index contributed by atoms with van der Waals surface area (Å²) in [6.45, 7) is 0. The van der Waals surface area contributed by atoms with Gasteiger partial charge in [-0.05, 0) is 62.7 Å². The van der Waals surface area contributed by atoms with Crippen LogP contribution in [-0.4, -0.2) is 11.0 Å². The second kappa shape index (κ2) is 5.26. The molecule has 0 spiro atoms. The van der Waals surface area contributed by atoms with Crippen LogP contribution in [0.1, 0.15) is 77.0 Å². The number of hydrogen-bond donors (Lipinski definition) is 1. The molecule has 0 heterocycles. The lowest BCUT2D eigenvalue weighted by Crippen LogP contribution is -2.50. The normalized spacial score (nSPS) is 44.3. The molecular formula is C18H29NS. The van der Waals surface area contributed by atoms with Crippen molar-refractivity contribution in [3.05, 3.63) is 0 Å². The van der Waals surface area contributed by atoms with Crippen LogP contribution in [0.5, 0.6) is 0 Å². The summed E-state index contributed by atoms with van der Waals surface area (Å²) in [4.78, 5) is 1.28. The molecule has 2 unspecified atom stereocenters. The second-order valence-electron chi connectivity index (χ2n) is 8.35. The van der Waals surface area contributed by atoms with Crippen molar-refractivity contribution < 1.29 is 0 Å². The molecule has 1 N–H and O–H groups in total. The van der Waals surface area contributed by atoms with Gasteiger partial charge in [0.1, 0.15) is 0 Å². The molecule has 0 amide bonds. The number of rotatable bonds is 2. The summed E-state index contributed by atoms with van der Waals surface area (Å²) in [5.74, 6) is 2.99. The van der Waals surface area contributed by atoms with Crippen molar-refractivity contribution >= 4 is 17.2 Å². The Hall–Kier alpha value is -0.110. The van der Waals surface area contributed by atoms with Crippen molar-refractivity contribution in [2.24, 2.45) is 23.2 Å². The third-order valence-electron chi connectivity index (χ3n) is 6.78. The molecule has 0 aromatic carbocycles. The van der Waals surface area contributed by atoms with Crippen LogP contribution in [0.2, 0.25) is 0 Å². The summed E-state index contributed by atoms with van der Waals surface area (Å²) in [7, 11) is 0. The van der Waals surface area contributed by atoms with E-state index in [1.165, 1.54) is 82.0 Å². The van der Waals surface area contributed by atoms with Crippen LogP contribution in [0.4, 0.5) is 0 Å². The Kier molecular flexibility index (Phi) is 3.57. The summed E-state index contributed by atoms with van der Waals surface area (Å²) >= 11 is 5.98. The van der Waals surface area contributed by atoms with E-state index in [0.717, 1.165) is 17.8 Å². The SMILES string of the molecule is S=C(NC1CCCCC1)C12CC3CCC(CC(C3)C1)C2. The van der Waals surface area contributed by atoms with E-state index in [9.17, 15) is 0 Å². The minimum absolute atomic E-state index is 0.416. The smallest absolute Gasteiger partial charge is 0.0818 e. The van der Waals surface area contributed by atoms with Gasteiger partial charge in [-0.3, -0.25) is 0 Å². The largest absolute Gasteiger partial charge is 0.376 e. The van der Waals surface area contributed by atoms with E-state index >= 15 is 0 Å². The van der Waals surface area contributed by atoms with Gasteiger partial charge in [-0.2, -0.15) is 0 Å². The van der Waals surface area contributed by atoms with Crippen LogP contribution in [0, 0.1) is 23.2 Å². The lowest BCUT2D eigenvalue weighted by molar-refractivity contribution is 0.0887. The van der Waals surface area contributed by atoms with Crippen LogP contribution in [0.25, 0.3) is 0 Å². The molecule has 112 valence electrons. The number of nitrogens with one attached hydrogen (secondary N) is 1. The Balaban J connectivity index is 1.49. The van der Waals surface area contributed by atoms with Crippen molar-refractivity contribution in [2.45, 2.75) is 83.1 Å². The predicted octanol–water partition coefficient (Wildman–Crippen LogP) is 4.84. The fraction of sp³-hybridized carbons (Fsp3) is 0.944. The first kappa shape index (κ1) is 13.5. The van der Waals surface area contributed by atoms with Gasteiger partial charge in [0.15, 0.2) is 0 Å². The van der Waals surface area contributed by atoms with Crippen molar-refractivity contribution in [3.63, 3.8) is 0 Å². The zero-order valence-corrected chi connectivity index (χ0v) is 13.5. The highest BCUT2D eigenvalue weighted by Gasteiger charge is 2.50. The highest BCUT2D eigenvalue weighted by molar-refractivity contribution is 7.80. The van der Waals surface area contributed by atoms with Gasteiger partial charge >= 0.3 is 0 Å². The first-order chi connectivity index (χ1) is 9.73. The zero-order valence-electron chi connectivity index (χ0n) is 12.7. The monoisotopic (exact) mass is 291 g/mol. The van der Waals surface area contributed by atoms with Crippen molar-refractivity contribution in [1.82, 2.24) is 5.32 Å². The van der Waals surface area contributed by atoms with Crippen molar-refractivity contribution in [1.29, 1.82) is 0 Å². The van der Waals surface area contributed by atoms with Gasteiger partial charge in [-0.15, -0.1) is 0 Å². The molecule has 0 aromatic rings. The fourth-order valence-corrected chi connectivity index (χ4v) is 6.47. The van der Waals surface area contributed by atoms with Gasteiger partial charge in [0, 0.05) is 11.5 Å². The summed E-state index contributed by atoms with van der Waals surface area (Å²) in [6, 6.07) is 0.700. The summed E-state index contributed by atoms with van der Waals surface area (Å²) in [5, 5.41) is 3.84. The van der Waals surface area contributed by atoms with Crippen LogP contribution in [0.3, 0.4) is 0 Å². The average molecular weight is 292 g/mol. The lowest BCUT2D eigenvalue weighted by atomic mass is 9.58. The molecule has 20 heavy (non-hydrogen) atoms. The third kappa shape index (κ3) is 2.42. The molecule has 0 aliphatic heterocycles. The molecule has 5 aliphatic rings. The number of thiocarbonyl (C=S) groups is 1. The zero-order chi connectivity index (χ0) is 13.6. The highest BCUT2D eigenvalue weighted by Crippen LogP contribution is 2.58. The first-order valence-corrected chi connectivity index (χ1v) is 9.45. The van der Waals surface area contributed by atoms with Crippen LogP contribution in [0.15, 0.2) is 0 Å². The maximum absolute atomic E-state index is 5.98. The molecule has 2 atom stereocenters. The van der Waals surface area contributed by atoms with Gasteiger partial charge in [0.2, 0.25) is 0 Å². The Morgan fingerprint density at radius 1 is 0.800 bits per heavy atom. The van der Waals surface area contributed by atoms with Gasteiger partial charge in [0.25, 0.3) is 0 Å². The van der Waals surface area contributed by atoms with Crippen molar-refractivity contribution in [3.8, 4) is 0 Å². The van der Waals surface area contributed by atoms with E-state index in [4.69, 9.17) is 12.2 Å². The second-order valence-corrected chi connectivity index (χ2v) is 8.76. The standard InChI is InChI=1S/C18H29NS/c20-17(19-16-4-2-1-3-5-16)18-10-13-6-7-14(11-18)9-15(8-13)12-18/h13-16H,1-12H2,(H,19,20). The molecule has 0 saturated heterocycles. The molecule has 5 saturated carbocycles. The van der Waals surface area contributed by atoms with E-state index in [2.05, 4.69) is 5.32 Å². The van der Waals surface area contributed by atoms with Crippen LogP contribution < -0.4 is 5.32 Å². The summed E-state index contributed by atoms with van der Waals surface area (Å²) < 4.78 is 0. The van der Waals surface area contributed by atoms with E-state index in [-0.39, 0.29) is 0 Å². The minimum Gasteiger partial charge on any atom is -0.376 e. The predicted molar refractivity (Wildman–Crippen MR) is 87.8 cm³/mol. The molecular weight excluding hydrogens is 262 g/mol. The summed E-state index contributed by atoms with van der Waals surface area (Å²) in [6.07, 6.45) is 17.2. The molecule has 5 aliphatic carbocycles. The Morgan fingerprint density at radius 3 is 2.05 bits per heavy atom. The summed E-state index contributed by atoms with van der Waals surface area (Å²) in [5.41, 5.74) is 0.416. The topological polar surface area (TPSA) is 12.0 Å². The average Bonchev–Trinajstić information content (AvgIpc) is 2.66. The van der Waals surface area contributed by atoms with E-state index in [0.29, 0.717) is 11.5 Å². The number of fused-ring (bicyclic) bond motifs is 1. The molecule has 2 heteroatoms. The third-order valence-corrected chi connectivity index (χ3v) is 7.33. The Morgan fingerprint density at radius 2 is 1.40 bits per heavy atom. The van der Waals surface area contributed by atoms with E-state index in [1.807, 2.05) is 0 Å². The van der Waals surface area contributed by atoms with Crippen LogP contribution >= 0.6 is 12.2 Å². The molecule has 5 rings (SSSR count). The quantitative estimate of drug-likeness (QED) is 0.730. The maximum atomic E-state index is 5.98. The number of hydrogen-bond acceptors (Lipinski definition) is 1. The molecule has 0 aromatic heterocycles. The van der Waals surface area contributed by atoms with Crippen molar-refractivity contribution in [2.75, 3.05) is 0 Å². The van der Waals surface area contributed by atoms with Gasteiger partial charge in [-0.1, -0.05) is 44.3 Å². The molecule has 5 fully saturated rings. The van der Waals surface area contributed by atoms with E-state index < -0.39 is 0 Å². The van der Waals surface area contributed by atoms with E-state index in [1.54, 1.807) is 0 Å². The first-order valence-electron chi connectivity index (χ1n) is 9.04. The van der Waals surface area contributed by atoms with Crippen LogP contribution in [-0.2, 0) is 0 Å². The Labute approximate surface area is 129 Å². The van der Waals surface area contributed by atoms with Gasteiger partial charge in [-0.25, -0.2) is 0 Å². The fourth-order valence-electron chi connectivity index (χ4n) is 6.05. The highest BCUT2D eigenvalue weighted by atomic mass is 32.1. The molecule has 4 bridgehead atoms. The minimum atomic E-state index is 0.416. The molecule has 1 nitrogen and oxygen atoms in total. The van der Waals surface area contributed by atoms with Gasteiger partial charge in [0.05, 0.1) is 4.99 Å². The maximum Gasteiger partial charge on any atom is 0.0818 e. The lowest BCUT2D eigenvalue weighted by Gasteiger charge is -2.49. The Bertz CT molecular complexity index is 369. The molecule has 0 radical (unpaired) electrons.